The molecule has 3 heteroatoms. The van der Waals surface area contributed by atoms with Crippen LogP contribution in [0.15, 0.2) is 53.9 Å². The highest BCUT2D eigenvalue weighted by Crippen LogP contribution is 2.36. The first-order chi connectivity index (χ1) is 10.3. The summed E-state index contributed by atoms with van der Waals surface area (Å²) < 4.78 is 21.2. The summed E-state index contributed by atoms with van der Waals surface area (Å²) in [5.74, 6) is 0.0896. The molecular weight excluding hydrogens is 283 g/mol. The molecular formula is C18H17FOS. The number of rotatable bonds is 5. The molecule has 1 atom stereocenters. The first-order valence-corrected chi connectivity index (χ1v) is 8.05. The first kappa shape index (κ1) is 14.1. The molecule has 1 nitrogen and oxygen atoms in total. The second-order valence-corrected chi connectivity index (χ2v) is 5.94. The average molecular weight is 300 g/mol. The number of thiophene rings is 1. The lowest BCUT2D eigenvalue weighted by Gasteiger charge is -2.20. The van der Waals surface area contributed by atoms with Gasteiger partial charge in [0.15, 0.2) is 11.6 Å². The van der Waals surface area contributed by atoms with Crippen LogP contribution in [0, 0.1) is 5.82 Å². The summed E-state index contributed by atoms with van der Waals surface area (Å²) in [6.45, 7) is 2.11. The van der Waals surface area contributed by atoms with E-state index in [0.717, 1.165) is 28.5 Å². The monoisotopic (exact) mass is 300 g/mol. The molecule has 0 fully saturated rings. The molecule has 0 bridgehead atoms. The van der Waals surface area contributed by atoms with Gasteiger partial charge in [0.25, 0.3) is 0 Å². The van der Waals surface area contributed by atoms with E-state index in [1.807, 2.05) is 41.8 Å². The van der Waals surface area contributed by atoms with Crippen LogP contribution in [0.2, 0.25) is 0 Å². The van der Waals surface area contributed by atoms with E-state index >= 15 is 0 Å². The Hall–Kier alpha value is -1.87. The number of benzene rings is 2. The number of fused-ring (bicyclic) bond motifs is 1. The van der Waals surface area contributed by atoms with Crippen molar-refractivity contribution in [3.63, 3.8) is 0 Å². The van der Waals surface area contributed by atoms with Crippen molar-refractivity contribution in [1.29, 1.82) is 0 Å². The highest BCUT2D eigenvalue weighted by atomic mass is 32.1. The van der Waals surface area contributed by atoms with Gasteiger partial charge in [0.1, 0.15) is 6.10 Å². The molecule has 1 heterocycles. The smallest absolute Gasteiger partial charge is 0.173 e. The van der Waals surface area contributed by atoms with E-state index in [2.05, 4.69) is 6.92 Å². The van der Waals surface area contributed by atoms with Crippen molar-refractivity contribution >= 4 is 21.4 Å². The van der Waals surface area contributed by atoms with Crippen molar-refractivity contribution in [2.45, 2.75) is 25.9 Å². The van der Waals surface area contributed by atoms with Crippen LogP contribution in [0.3, 0.4) is 0 Å². The molecule has 0 saturated carbocycles. The molecule has 0 N–H and O–H groups in total. The summed E-state index contributed by atoms with van der Waals surface area (Å²) >= 11 is 1.52. The third-order valence-corrected chi connectivity index (χ3v) is 4.44. The molecule has 0 aliphatic carbocycles. The number of halogens is 1. The molecule has 0 unspecified atom stereocenters. The van der Waals surface area contributed by atoms with Crippen LogP contribution in [0.25, 0.3) is 10.1 Å². The maximum absolute atomic E-state index is 14.2. The van der Waals surface area contributed by atoms with E-state index < -0.39 is 0 Å². The fourth-order valence-electron chi connectivity index (χ4n) is 2.46. The van der Waals surface area contributed by atoms with Crippen molar-refractivity contribution in [3.05, 3.63) is 65.3 Å². The van der Waals surface area contributed by atoms with Gasteiger partial charge in [0.2, 0.25) is 0 Å². The SMILES string of the molecule is CCC[C@@H](Oc1c(F)ccc2ccsc12)c1ccccc1. The van der Waals surface area contributed by atoms with Crippen LogP contribution in [0.1, 0.15) is 31.4 Å². The quantitative estimate of drug-likeness (QED) is 0.565. The second-order valence-electron chi connectivity index (χ2n) is 5.02. The largest absolute Gasteiger partial charge is 0.481 e. The lowest BCUT2D eigenvalue weighted by molar-refractivity contribution is 0.188. The minimum atomic E-state index is -0.290. The summed E-state index contributed by atoms with van der Waals surface area (Å²) in [6.07, 6.45) is 1.74. The summed E-state index contributed by atoms with van der Waals surface area (Å²) in [6, 6.07) is 15.3. The zero-order chi connectivity index (χ0) is 14.7. The molecule has 2 aromatic carbocycles. The first-order valence-electron chi connectivity index (χ1n) is 7.17. The maximum Gasteiger partial charge on any atom is 0.173 e. The van der Waals surface area contributed by atoms with Crippen molar-refractivity contribution in [2.75, 3.05) is 0 Å². The Kier molecular flexibility index (Phi) is 4.20. The highest BCUT2D eigenvalue weighted by Gasteiger charge is 2.17. The van der Waals surface area contributed by atoms with Gasteiger partial charge in [-0.25, -0.2) is 4.39 Å². The average Bonchev–Trinajstić information content (AvgIpc) is 2.99. The molecule has 108 valence electrons. The number of hydrogen-bond donors (Lipinski definition) is 0. The van der Waals surface area contributed by atoms with Crippen LogP contribution < -0.4 is 4.74 Å². The second kappa shape index (κ2) is 6.27. The molecule has 0 amide bonds. The van der Waals surface area contributed by atoms with Crippen LogP contribution in [0.5, 0.6) is 5.75 Å². The molecule has 0 spiro atoms. The van der Waals surface area contributed by atoms with Gasteiger partial charge in [-0.2, -0.15) is 0 Å². The fraction of sp³-hybridized carbons (Fsp3) is 0.222. The minimum absolute atomic E-state index is 0.113. The summed E-state index contributed by atoms with van der Waals surface area (Å²) in [4.78, 5) is 0. The third-order valence-electron chi connectivity index (χ3n) is 3.51. The Morgan fingerprint density at radius 1 is 1.10 bits per heavy atom. The summed E-state index contributed by atoms with van der Waals surface area (Å²) in [7, 11) is 0. The van der Waals surface area contributed by atoms with Gasteiger partial charge in [-0.15, -0.1) is 11.3 Å². The van der Waals surface area contributed by atoms with Crippen molar-refractivity contribution in [3.8, 4) is 5.75 Å². The Morgan fingerprint density at radius 3 is 2.67 bits per heavy atom. The predicted molar refractivity (Wildman–Crippen MR) is 86.5 cm³/mol. The highest BCUT2D eigenvalue weighted by molar-refractivity contribution is 7.17. The van der Waals surface area contributed by atoms with Crippen molar-refractivity contribution in [2.24, 2.45) is 0 Å². The van der Waals surface area contributed by atoms with Crippen molar-refractivity contribution < 1.29 is 9.13 Å². The van der Waals surface area contributed by atoms with Gasteiger partial charge in [-0.05, 0) is 34.9 Å². The minimum Gasteiger partial charge on any atom is -0.481 e. The zero-order valence-electron chi connectivity index (χ0n) is 11.9. The van der Waals surface area contributed by atoms with Gasteiger partial charge in [0, 0.05) is 0 Å². The third kappa shape index (κ3) is 2.93. The topological polar surface area (TPSA) is 9.23 Å². The lowest BCUT2D eigenvalue weighted by atomic mass is 10.1. The Morgan fingerprint density at radius 2 is 1.90 bits per heavy atom. The molecule has 3 aromatic rings. The molecule has 0 saturated heterocycles. The van der Waals surface area contributed by atoms with Crippen molar-refractivity contribution in [1.82, 2.24) is 0 Å². The van der Waals surface area contributed by atoms with E-state index in [1.54, 1.807) is 6.07 Å². The van der Waals surface area contributed by atoms with Gasteiger partial charge in [-0.3, -0.25) is 0 Å². The number of hydrogen-bond acceptors (Lipinski definition) is 2. The van der Waals surface area contributed by atoms with E-state index in [-0.39, 0.29) is 11.9 Å². The molecule has 0 radical (unpaired) electrons. The van der Waals surface area contributed by atoms with E-state index in [0.29, 0.717) is 5.75 Å². The normalized spacial score (nSPS) is 12.5. The summed E-state index contributed by atoms with van der Waals surface area (Å²) in [5, 5.41) is 2.99. The fourth-order valence-corrected chi connectivity index (χ4v) is 3.33. The Balaban J connectivity index is 1.98. The zero-order valence-corrected chi connectivity index (χ0v) is 12.7. The van der Waals surface area contributed by atoms with E-state index in [4.69, 9.17) is 4.74 Å². The maximum atomic E-state index is 14.2. The molecule has 3 rings (SSSR count). The number of ether oxygens (including phenoxy) is 1. The predicted octanol–water partition coefficient (Wildman–Crippen LogP) is 5.96. The molecule has 0 aliphatic heterocycles. The van der Waals surface area contributed by atoms with Crippen LogP contribution in [-0.2, 0) is 0 Å². The summed E-state index contributed by atoms with van der Waals surface area (Å²) in [5.41, 5.74) is 1.09. The Labute approximate surface area is 128 Å². The van der Waals surface area contributed by atoms with E-state index in [9.17, 15) is 4.39 Å². The Bertz CT molecular complexity index is 720. The molecule has 1 aromatic heterocycles. The van der Waals surface area contributed by atoms with Gasteiger partial charge in [0.05, 0.1) is 4.70 Å². The van der Waals surface area contributed by atoms with E-state index in [1.165, 1.54) is 17.4 Å². The molecule has 21 heavy (non-hydrogen) atoms. The van der Waals surface area contributed by atoms with Crippen LogP contribution in [0.4, 0.5) is 4.39 Å². The van der Waals surface area contributed by atoms with Gasteiger partial charge < -0.3 is 4.74 Å². The van der Waals surface area contributed by atoms with Crippen LogP contribution in [-0.4, -0.2) is 0 Å². The van der Waals surface area contributed by atoms with Crippen LogP contribution >= 0.6 is 11.3 Å². The van der Waals surface area contributed by atoms with Gasteiger partial charge in [-0.1, -0.05) is 49.7 Å². The standard InChI is InChI=1S/C18H17FOS/c1-2-6-16(13-7-4-3-5-8-13)20-17-15(19)10-9-14-11-12-21-18(14)17/h3-5,7-12,16H,2,6H2,1H3/t16-/m1/s1. The molecule has 0 aliphatic rings. The van der Waals surface area contributed by atoms with Gasteiger partial charge >= 0.3 is 0 Å². The lowest BCUT2D eigenvalue weighted by Crippen LogP contribution is -2.08.